The highest BCUT2D eigenvalue weighted by Crippen LogP contribution is 2.40. The van der Waals surface area contributed by atoms with Crippen LogP contribution in [0.4, 0.5) is 94.9 Å². The van der Waals surface area contributed by atoms with Gasteiger partial charge in [0.15, 0.2) is 85.8 Å². The van der Waals surface area contributed by atoms with Crippen molar-refractivity contribution in [3.8, 4) is 57.6 Å². The van der Waals surface area contributed by atoms with Crippen molar-refractivity contribution in [1.29, 1.82) is 0 Å². The van der Waals surface area contributed by atoms with Gasteiger partial charge in [0.05, 0.1) is 90.7 Å². The zero-order valence-corrected chi connectivity index (χ0v) is 80.2. The van der Waals surface area contributed by atoms with Crippen molar-refractivity contribution >= 4 is 96.3 Å². The van der Waals surface area contributed by atoms with E-state index in [1.54, 1.807) is 66.3 Å². The summed E-state index contributed by atoms with van der Waals surface area (Å²) in [5, 5.41) is 13.0. The number of piperazine rings is 1. The summed E-state index contributed by atoms with van der Waals surface area (Å²) >= 11 is 1.41. The van der Waals surface area contributed by atoms with Gasteiger partial charge in [-0.2, -0.15) is 65.9 Å². The Morgan fingerprint density at radius 2 is 0.872 bits per heavy atom. The molecule has 58 heteroatoms. The number of hydrogen-bond acceptors (Lipinski definition) is 33. The fourth-order valence-electron chi connectivity index (χ4n) is 17.5. The summed E-state index contributed by atoms with van der Waals surface area (Å²) in [5.74, 6) is 4.22. The minimum absolute atomic E-state index is 0.0101. The smallest absolute Gasteiger partial charge is 0.369 e. The number of fused-ring (bicyclic) bond motifs is 5. The number of sulfonamides is 1. The van der Waals surface area contributed by atoms with Crippen molar-refractivity contribution in [2.75, 3.05) is 89.9 Å². The third kappa shape index (κ3) is 23.2. The normalized spacial score (nSPS) is 18.5. The van der Waals surface area contributed by atoms with Gasteiger partial charge in [-0.25, -0.2) is 123 Å². The second-order valence-electron chi connectivity index (χ2n) is 35.5. The Kier molecular flexibility index (Phi) is 28.7. The molecule has 776 valence electrons. The number of nitrogens with zero attached hydrogens (tertiary/aromatic N) is 32. The first-order valence-corrected chi connectivity index (χ1v) is 48.2. The van der Waals surface area contributed by atoms with E-state index in [9.17, 15) is 83.9 Å². The number of carbonyl (C=O) groups is 2. The molecule has 7 N–H and O–H groups in total. The number of alkyl halides is 15. The van der Waals surface area contributed by atoms with Gasteiger partial charge in [-0.05, 0) is 113 Å². The Hall–Kier alpha value is -16.2. The minimum atomic E-state index is -4.60. The molecule has 4 saturated heterocycles. The van der Waals surface area contributed by atoms with Crippen LogP contribution >= 0.6 is 11.5 Å². The number of anilines is 5. The van der Waals surface area contributed by atoms with Crippen molar-refractivity contribution in [2.24, 2.45) is 22.2 Å². The summed E-state index contributed by atoms with van der Waals surface area (Å²) in [7, 11) is -3.68. The van der Waals surface area contributed by atoms with Crippen LogP contribution < -0.4 is 46.0 Å². The van der Waals surface area contributed by atoms with E-state index >= 15 is 0 Å². The fraction of sp³-hybridized carbons (Fsp3) is 0.341. The number of aromatic nitrogens is 28. The lowest BCUT2D eigenvalue weighted by Gasteiger charge is -2.43. The number of hydrogen-bond donors (Lipinski definition) is 5. The van der Waals surface area contributed by atoms with Crippen LogP contribution in [0.15, 0.2) is 184 Å². The number of amides is 2. The molecular formula is C91H86F15N37O4S2. The number of aromatic amines is 1. The molecule has 6 unspecified atom stereocenters. The molecule has 0 aromatic carbocycles. The predicted molar refractivity (Wildman–Crippen MR) is 509 cm³/mol. The molecule has 4 fully saturated rings. The van der Waals surface area contributed by atoms with Crippen molar-refractivity contribution < 1.29 is 83.9 Å². The van der Waals surface area contributed by atoms with Gasteiger partial charge in [0.1, 0.15) is 57.6 Å². The lowest BCUT2D eigenvalue weighted by atomic mass is 9.81. The van der Waals surface area contributed by atoms with Gasteiger partial charge in [0.2, 0.25) is 21.8 Å². The highest BCUT2D eigenvalue weighted by atomic mass is 32.2. The molecule has 5 aliphatic rings. The largest absolute Gasteiger partial charge is 0.434 e. The zero-order chi connectivity index (χ0) is 105. The van der Waals surface area contributed by atoms with E-state index in [2.05, 4.69) is 159 Å². The van der Waals surface area contributed by atoms with Crippen LogP contribution in [0.1, 0.15) is 112 Å². The number of H-pyrrole nitrogens is 1. The lowest BCUT2D eigenvalue weighted by molar-refractivity contribution is -0.142. The van der Waals surface area contributed by atoms with Gasteiger partial charge < -0.3 is 45.9 Å². The van der Waals surface area contributed by atoms with Crippen LogP contribution in [-0.2, 0) is 50.5 Å². The molecule has 0 saturated carbocycles. The second-order valence-corrected chi connectivity index (χ2v) is 38.0. The van der Waals surface area contributed by atoms with E-state index in [0.717, 1.165) is 112 Å². The molecule has 0 bridgehead atoms. The SMILES string of the molecule is CC(=O)NCC1CCN(c2ccnc(-c3cnc4cnc(C(F)(F)F)cn34)n2)C1.CC1(C(N)=O)CCCN(c2ccnc(-c3cnc4cnc(C(F)(F)F)cn34)n2)C1.CC1CN(c2ccnc(-c3cnc4cnc(C(F)(F)F)cn34)n2)C(C)C(c2cnc[nH]2)N1.FC(F)(F)c1cn2c(-c3nccc(N4CCC=C(c5cnsc5)C4)n3)cnc2cn1.NS(=O)(=O)C1CCCN(c2ccnc(-c3cnc4cnc(C(F)(F)F)cn34)n2)C1. The number of primary amides is 1. The quantitative estimate of drug-likeness (QED) is 0.0561. The standard InChI is InChI=1S/C20H20F3N9.C19H14F3N7S.2C18H18F3N7O.C16H16F3N7O2S/c1-11-8-31(12(2)18(29-11)13-5-24-10-28-13)16-3-4-25-19(30-16)14-6-27-17-7-26-15(9-32(14)17)20(21,22)23;20-19(21,22)15-10-29-14(7-25-17(29)8-24-15)18-23-4-3-16(27-18)28-5-1-2-12(9-28)13-6-26-30-11-13;1-11(29)23-6-12-3-5-27(9-12)15-2-4-22-17(26-15)13-7-25-16-8-24-14(10-28(13)16)18(19,20)21;1-17(16(22)29)4-2-6-27(10-17)13-3-5-23-15(26-13)11-7-25-14-8-24-12(9-28(11)14)18(19,20)21;17-16(18,19)12-9-26-11(6-23-14(26)7-22-12)15-21-4-3-13(24-15)25-5-1-2-10(8-25)29(20,27)28/h3-7,9-12,18,29H,8H2,1-2H3,(H,24,28);2-4,6-8,10-11H,1,5,9H2;2,4,7-8,10,12H,3,5-6,9H2,1H3,(H,23,29);3,5,7-9H,2,4,6,10H2,1H3,(H2,22,29);3-4,6-7,9-10H,1-2,5,8H2,(H2,20,27,28). The van der Waals surface area contributed by atoms with Gasteiger partial charge in [0.25, 0.3) is 0 Å². The van der Waals surface area contributed by atoms with Crippen molar-refractivity contribution in [2.45, 2.75) is 120 Å². The summed E-state index contributed by atoms with van der Waals surface area (Å²) in [5.41, 5.74) is 5.97. The number of piperidine rings is 2. The number of rotatable bonds is 16. The average molecular weight is 2110 g/mol. The van der Waals surface area contributed by atoms with E-state index in [-0.39, 0.29) is 88.1 Å². The molecule has 17 aromatic rings. The maximum Gasteiger partial charge on any atom is 0.434 e. The number of imidazole rings is 6. The lowest BCUT2D eigenvalue weighted by Crippen LogP contribution is -2.56. The second kappa shape index (κ2) is 41.6. The highest BCUT2D eigenvalue weighted by molar-refractivity contribution is 7.89. The van der Waals surface area contributed by atoms with Gasteiger partial charge in [-0.1, -0.05) is 6.08 Å². The Bertz CT molecular complexity index is 7880. The summed E-state index contributed by atoms with van der Waals surface area (Å²) < 4.78 is 230. The van der Waals surface area contributed by atoms with Gasteiger partial charge >= 0.3 is 30.9 Å². The predicted octanol–water partition coefficient (Wildman–Crippen LogP) is 12.7. The van der Waals surface area contributed by atoms with Gasteiger partial charge in [-0.3, -0.25) is 31.6 Å². The molecular weight excluding hydrogens is 2020 g/mol. The maximum atomic E-state index is 13.1. The summed E-state index contributed by atoms with van der Waals surface area (Å²) in [6.45, 7) is 13.6. The van der Waals surface area contributed by atoms with E-state index in [4.69, 9.17) is 10.9 Å². The Labute approximate surface area is 837 Å². The molecule has 22 heterocycles. The van der Waals surface area contributed by atoms with Crippen molar-refractivity contribution in [1.82, 2.24) is 147 Å². The number of carbonyl (C=O) groups excluding carboxylic acids is 2. The van der Waals surface area contributed by atoms with Crippen LogP contribution in [0.25, 0.3) is 91.4 Å². The molecule has 0 aliphatic carbocycles. The molecule has 0 spiro atoms. The van der Waals surface area contributed by atoms with Gasteiger partial charge in [-0.15, -0.1) is 0 Å². The Morgan fingerprint density at radius 3 is 1.26 bits per heavy atom. The van der Waals surface area contributed by atoms with Crippen LogP contribution in [-0.4, -0.2) is 239 Å². The first kappa shape index (κ1) is 103. The summed E-state index contributed by atoms with van der Waals surface area (Å²) in [4.78, 5) is 122. The Balaban J connectivity index is 0.000000122. The number of primary sulfonamides is 1. The molecule has 5 aliphatic heterocycles. The minimum Gasteiger partial charge on any atom is -0.369 e. The van der Waals surface area contributed by atoms with E-state index in [1.807, 2.05) is 23.4 Å². The summed E-state index contributed by atoms with van der Waals surface area (Å²) in [6.07, 6.45) is 13.6. The number of nitrogens with two attached hydrogens (primary N) is 2. The molecule has 41 nitrogen and oxygen atoms in total. The molecule has 0 radical (unpaired) electrons. The maximum absolute atomic E-state index is 13.1. The van der Waals surface area contributed by atoms with Crippen molar-refractivity contribution in [3.63, 3.8) is 0 Å². The molecule has 2 amide bonds. The summed E-state index contributed by atoms with van der Waals surface area (Å²) in [6, 6.07) is 8.89. The van der Waals surface area contributed by atoms with E-state index < -0.39 is 80.0 Å². The molecule has 6 atom stereocenters. The van der Waals surface area contributed by atoms with Gasteiger partial charge in [0, 0.05) is 170 Å². The third-order valence-electron chi connectivity index (χ3n) is 25.1. The average Bonchev–Trinajstić information content (AvgIpc) is 1.70. The fourth-order valence-corrected chi connectivity index (χ4v) is 19.0. The first-order valence-electron chi connectivity index (χ1n) is 45.8. The van der Waals surface area contributed by atoms with Crippen LogP contribution in [0.3, 0.4) is 0 Å². The van der Waals surface area contributed by atoms with Crippen LogP contribution in [0.2, 0.25) is 0 Å². The number of halogens is 15. The third-order valence-corrected chi connectivity index (χ3v) is 27.0. The van der Waals surface area contributed by atoms with Crippen LogP contribution in [0, 0.1) is 11.3 Å². The zero-order valence-electron chi connectivity index (χ0n) is 78.6. The molecule has 17 aromatic heterocycles. The van der Waals surface area contributed by atoms with E-state index in [0.29, 0.717) is 128 Å². The highest BCUT2D eigenvalue weighted by Gasteiger charge is 2.42. The van der Waals surface area contributed by atoms with Crippen LogP contribution in [0.5, 0.6) is 0 Å². The van der Waals surface area contributed by atoms with E-state index in [1.165, 1.54) is 89.4 Å². The monoisotopic (exact) mass is 2110 g/mol. The number of nitrogens with one attached hydrogen (secondary N) is 3. The topological polar surface area (TPSA) is 482 Å². The molecule has 22 rings (SSSR count). The molecule has 149 heavy (non-hydrogen) atoms. The Morgan fingerprint density at radius 1 is 0.477 bits per heavy atom. The van der Waals surface area contributed by atoms with Crippen molar-refractivity contribution in [3.05, 3.63) is 224 Å². The first-order chi connectivity index (χ1) is 70.9.